The molecule has 26 heavy (non-hydrogen) atoms. The second kappa shape index (κ2) is 6.15. The molecular weight excluding hydrogens is 333 g/mol. The number of imidazole rings is 1. The van der Waals surface area contributed by atoms with Crippen LogP contribution in [0.3, 0.4) is 0 Å². The summed E-state index contributed by atoms with van der Waals surface area (Å²) in [5, 5.41) is 4.56. The van der Waals surface area contributed by atoms with Crippen molar-refractivity contribution in [2.45, 2.75) is 6.92 Å². The Kier molecular flexibility index (Phi) is 3.80. The molecule has 0 unspecified atom stereocenters. The van der Waals surface area contributed by atoms with Crippen LogP contribution in [0, 0.1) is 12.7 Å². The molecule has 0 aliphatic carbocycles. The maximum Gasteiger partial charge on any atom is 0.411 e. The lowest BCUT2D eigenvalue weighted by molar-refractivity contribution is 0.187. The summed E-state index contributed by atoms with van der Waals surface area (Å²) in [4.78, 5) is 16.2. The van der Waals surface area contributed by atoms with Crippen molar-refractivity contribution in [1.29, 1.82) is 0 Å². The number of nitrogens with zero attached hydrogens (tertiary/aromatic N) is 2. The number of amides is 1. The number of benzene rings is 2. The number of aryl methyl sites for hydroxylation is 1. The number of rotatable bonds is 2. The number of hydrogen-bond donors (Lipinski definition) is 1. The SMILES string of the molecule is COC(=O)Nc1ccc2ccn3cc(-c4ccc(F)cc4C)nc3c2c1. The fraction of sp³-hybridized carbons (Fsp3) is 0.100. The first-order valence-corrected chi connectivity index (χ1v) is 8.08. The zero-order valence-electron chi connectivity index (χ0n) is 14.3. The van der Waals surface area contributed by atoms with Gasteiger partial charge in [0.1, 0.15) is 11.5 Å². The quantitative estimate of drug-likeness (QED) is 0.566. The average Bonchev–Trinajstić information content (AvgIpc) is 3.06. The molecule has 130 valence electrons. The van der Waals surface area contributed by atoms with Gasteiger partial charge in [-0.1, -0.05) is 6.07 Å². The van der Waals surface area contributed by atoms with E-state index in [1.54, 1.807) is 6.07 Å². The van der Waals surface area contributed by atoms with Crippen LogP contribution in [0.2, 0.25) is 0 Å². The van der Waals surface area contributed by atoms with Crippen LogP contribution in [0.5, 0.6) is 0 Å². The Balaban J connectivity index is 1.87. The number of carbonyl (C=O) groups excluding carboxylic acids is 1. The summed E-state index contributed by atoms with van der Waals surface area (Å²) in [7, 11) is 1.32. The summed E-state index contributed by atoms with van der Waals surface area (Å²) < 4.78 is 19.9. The summed E-state index contributed by atoms with van der Waals surface area (Å²) in [6, 6.07) is 12.2. The van der Waals surface area contributed by atoms with E-state index in [0.717, 1.165) is 33.2 Å². The molecule has 0 saturated carbocycles. The average molecular weight is 349 g/mol. The third kappa shape index (κ3) is 2.75. The molecule has 5 nitrogen and oxygen atoms in total. The van der Waals surface area contributed by atoms with Crippen LogP contribution in [0.4, 0.5) is 14.9 Å². The van der Waals surface area contributed by atoms with E-state index >= 15 is 0 Å². The summed E-state index contributed by atoms with van der Waals surface area (Å²) in [5.74, 6) is -0.265. The molecule has 0 atom stereocenters. The van der Waals surface area contributed by atoms with E-state index in [2.05, 4.69) is 10.1 Å². The minimum atomic E-state index is -0.526. The smallest absolute Gasteiger partial charge is 0.411 e. The highest BCUT2D eigenvalue weighted by Crippen LogP contribution is 2.28. The first kappa shape index (κ1) is 16.1. The lowest BCUT2D eigenvalue weighted by Crippen LogP contribution is -2.10. The van der Waals surface area contributed by atoms with Gasteiger partial charge in [-0.25, -0.2) is 14.2 Å². The molecule has 0 radical (unpaired) electrons. The topological polar surface area (TPSA) is 55.6 Å². The maximum absolute atomic E-state index is 13.4. The zero-order chi connectivity index (χ0) is 18.3. The van der Waals surface area contributed by atoms with Gasteiger partial charge in [-0.15, -0.1) is 0 Å². The van der Waals surface area contributed by atoms with Crippen LogP contribution in [-0.2, 0) is 4.74 Å². The lowest BCUT2D eigenvalue weighted by Gasteiger charge is -2.06. The number of halogens is 1. The zero-order valence-corrected chi connectivity index (χ0v) is 14.3. The Bertz CT molecular complexity index is 1150. The van der Waals surface area contributed by atoms with Crippen molar-refractivity contribution in [1.82, 2.24) is 9.38 Å². The van der Waals surface area contributed by atoms with Gasteiger partial charge in [0.2, 0.25) is 0 Å². The van der Waals surface area contributed by atoms with Gasteiger partial charge in [0.15, 0.2) is 0 Å². The van der Waals surface area contributed by atoms with Gasteiger partial charge in [-0.3, -0.25) is 5.32 Å². The van der Waals surface area contributed by atoms with Crippen LogP contribution in [0.1, 0.15) is 5.56 Å². The lowest BCUT2D eigenvalue weighted by atomic mass is 10.1. The number of anilines is 1. The Hall–Kier alpha value is -3.41. The number of pyridine rings is 1. The monoisotopic (exact) mass is 349 g/mol. The summed E-state index contributed by atoms with van der Waals surface area (Å²) in [5.41, 5.74) is 3.86. The molecule has 1 amide bonds. The van der Waals surface area contributed by atoms with E-state index in [0.29, 0.717) is 5.69 Å². The molecule has 1 N–H and O–H groups in total. The molecule has 2 aromatic heterocycles. The number of carbonyl (C=O) groups is 1. The predicted molar refractivity (Wildman–Crippen MR) is 98.9 cm³/mol. The molecule has 0 bridgehead atoms. The van der Waals surface area contributed by atoms with E-state index in [1.165, 1.54) is 19.2 Å². The fourth-order valence-electron chi connectivity index (χ4n) is 3.05. The standard InChI is InChI=1S/C20H16FN3O2/c1-12-9-14(21)4-6-16(12)18-11-24-8-7-13-3-5-15(22-20(25)26-2)10-17(13)19(24)23-18/h3-11H,1-2H3,(H,22,25). The van der Waals surface area contributed by atoms with Crippen LogP contribution in [0.25, 0.3) is 27.7 Å². The molecule has 4 aromatic rings. The van der Waals surface area contributed by atoms with E-state index in [4.69, 9.17) is 4.98 Å². The van der Waals surface area contributed by atoms with Gasteiger partial charge >= 0.3 is 6.09 Å². The van der Waals surface area contributed by atoms with Gasteiger partial charge in [0.25, 0.3) is 0 Å². The van der Waals surface area contributed by atoms with Crippen molar-refractivity contribution >= 4 is 28.2 Å². The number of hydrogen-bond acceptors (Lipinski definition) is 3. The molecule has 2 heterocycles. The summed E-state index contributed by atoms with van der Waals surface area (Å²) in [6.07, 6.45) is 3.32. The first-order valence-electron chi connectivity index (χ1n) is 8.08. The van der Waals surface area contributed by atoms with Crippen molar-refractivity contribution in [2.75, 3.05) is 12.4 Å². The molecular formula is C20H16FN3O2. The molecule has 0 aliphatic rings. The van der Waals surface area contributed by atoms with E-state index in [-0.39, 0.29) is 5.82 Å². The van der Waals surface area contributed by atoms with Gasteiger partial charge in [-0.2, -0.15) is 0 Å². The minimum Gasteiger partial charge on any atom is -0.453 e. The van der Waals surface area contributed by atoms with Crippen LogP contribution < -0.4 is 5.32 Å². The van der Waals surface area contributed by atoms with Crippen molar-refractivity contribution in [3.63, 3.8) is 0 Å². The fourth-order valence-corrected chi connectivity index (χ4v) is 3.05. The van der Waals surface area contributed by atoms with Crippen molar-refractivity contribution in [3.8, 4) is 11.3 Å². The second-order valence-corrected chi connectivity index (χ2v) is 6.05. The van der Waals surface area contributed by atoms with Gasteiger partial charge in [0, 0.05) is 29.0 Å². The van der Waals surface area contributed by atoms with Gasteiger partial charge in [0.05, 0.1) is 12.8 Å². The summed E-state index contributed by atoms with van der Waals surface area (Å²) in [6.45, 7) is 1.86. The third-order valence-corrected chi connectivity index (χ3v) is 4.34. The molecule has 0 spiro atoms. The minimum absolute atomic E-state index is 0.265. The van der Waals surface area contributed by atoms with Crippen molar-refractivity contribution in [3.05, 3.63) is 66.2 Å². The molecule has 6 heteroatoms. The second-order valence-electron chi connectivity index (χ2n) is 6.05. The van der Waals surface area contributed by atoms with E-state index in [1.807, 2.05) is 48.0 Å². The third-order valence-electron chi connectivity index (χ3n) is 4.34. The first-order chi connectivity index (χ1) is 12.5. The molecule has 0 saturated heterocycles. The number of nitrogens with one attached hydrogen (secondary N) is 1. The highest BCUT2D eigenvalue weighted by molar-refractivity contribution is 5.98. The number of methoxy groups -OCH3 is 1. The molecule has 0 fully saturated rings. The normalized spacial score (nSPS) is 11.0. The number of ether oxygens (including phenoxy) is 1. The Labute approximate surface area is 149 Å². The molecule has 4 rings (SSSR count). The molecule has 2 aromatic carbocycles. The van der Waals surface area contributed by atoms with Crippen molar-refractivity contribution < 1.29 is 13.9 Å². The predicted octanol–water partition coefficient (Wildman–Crippen LogP) is 4.78. The van der Waals surface area contributed by atoms with Gasteiger partial charge < -0.3 is 9.14 Å². The largest absolute Gasteiger partial charge is 0.453 e. The van der Waals surface area contributed by atoms with Crippen LogP contribution in [-0.4, -0.2) is 22.6 Å². The number of aromatic nitrogens is 2. The Morgan fingerprint density at radius 3 is 2.81 bits per heavy atom. The van der Waals surface area contributed by atoms with Crippen LogP contribution in [0.15, 0.2) is 54.9 Å². The highest BCUT2D eigenvalue weighted by atomic mass is 19.1. The summed E-state index contributed by atoms with van der Waals surface area (Å²) >= 11 is 0. The van der Waals surface area contributed by atoms with Crippen LogP contribution >= 0.6 is 0 Å². The Morgan fingerprint density at radius 2 is 2.04 bits per heavy atom. The van der Waals surface area contributed by atoms with E-state index < -0.39 is 6.09 Å². The Morgan fingerprint density at radius 1 is 1.19 bits per heavy atom. The molecule has 0 aliphatic heterocycles. The number of fused-ring (bicyclic) bond motifs is 3. The van der Waals surface area contributed by atoms with Gasteiger partial charge in [-0.05, 0) is 54.3 Å². The maximum atomic E-state index is 13.4. The van der Waals surface area contributed by atoms with Crippen molar-refractivity contribution in [2.24, 2.45) is 0 Å². The van der Waals surface area contributed by atoms with E-state index in [9.17, 15) is 9.18 Å². The highest BCUT2D eigenvalue weighted by Gasteiger charge is 2.11.